The number of hydrogen-bond acceptors (Lipinski definition) is 3. The number of hydrogen-bond donors (Lipinski definition) is 2. The second kappa shape index (κ2) is 6.87. The summed E-state index contributed by atoms with van der Waals surface area (Å²) in [5.41, 5.74) is 2.45. The van der Waals surface area contributed by atoms with Crippen LogP contribution in [0.1, 0.15) is 48.5 Å². The summed E-state index contributed by atoms with van der Waals surface area (Å²) in [6, 6.07) is 6.00. The zero-order valence-electron chi connectivity index (χ0n) is 13.7. The monoisotopic (exact) mass is 332 g/mol. The van der Waals surface area contributed by atoms with Gasteiger partial charge in [0.2, 0.25) is 0 Å². The van der Waals surface area contributed by atoms with Gasteiger partial charge in [-0.05, 0) is 74.9 Å². The Hall–Kier alpha value is -1.62. The Morgan fingerprint density at radius 2 is 2.17 bits per heavy atom. The zero-order chi connectivity index (χ0) is 16.4. The van der Waals surface area contributed by atoms with E-state index in [1.54, 1.807) is 13.0 Å². The van der Waals surface area contributed by atoms with Crippen LogP contribution in [0.2, 0.25) is 0 Å². The summed E-state index contributed by atoms with van der Waals surface area (Å²) in [4.78, 5) is 11.9. The Labute approximate surface area is 143 Å². The van der Waals surface area contributed by atoms with Crippen LogP contribution in [0.3, 0.4) is 0 Å². The molecule has 0 unspecified atom stereocenters. The quantitative estimate of drug-likeness (QED) is 0.651. The maximum absolute atomic E-state index is 11.9. The van der Waals surface area contributed by atoms with Crippen LogP contribution in [0.15, 0.2) is 18.2 Å². The second-order valence-corrected chi connectivity index (χ2v) is 7.04. The molecule has 0 spiro atoms. The maximum Gasteiger partial charge on any atom is 0.338 e. The second-order valence-electron chi connectivity index (χ2n) is 6.63. The van der Waals surface area contributed by atoms with E-state index in [0.29, 0.717) is 23.3 Å². The lowest BCUT2D eigenvalue weighted by Gasteiger charge is -2.25. The molecule has 23 heavy (non-hydrogen) atoms. The van der Waals surface area contributed by atoms with Crippen LogP contribution in [-0.4, -0.2) is 23.7 Å². The fourth-order valence-corrected chi connectivity index (χ4v) is 4.11. The molecule has 2 aliphatic carbocycles. The first-order valence-corrected chi connectivity index (χ1v) is 8.83. The molecule has 3 rings (SSSR count). The third kappa shape index (κ3) is 3.66. The van der Waals surface area contributed by atoms with Gasteiger partial charge in [-0.3, -0.25) is 0 Å². The molecule has 0 heterocycles. The molecule has 0 aromatic heterocycles. The minimum atomic E-state index is -0.303. The largest absolute Gasteiger partial charge is 0.462 e. The molecule has 1 aromatic carbocycles. The third-order valence-electron chi connectivity index (χ3n) is 5.05. The Morgan fingerprint density at radius 1 is 1.35 bits per heavy atom. The number of aryl methyl sites for hydroxylation is 1. The van der Waals surface area contributed by atoms with Gasteiger partial charge in [-0.2, -0.15) is 0 Å². The molecule has 5 heteroatoms. The highest BCUT2D eigenvalue weighted by Crippen LogP contribution is 2.44. The summed E-state index contributed by atoms with van der Waals surface area (Å²) in [6.45, 7) is 4.18. The van der Waals surface area contributed by atoms with Crippen molar-refractivity contribution in [2.24, 2.45) is 11.8 Å². The number of rotatable bonds is 4. The van der Waals surface area contributed by atoms with E-state index in [4.69, 9.17) is 17.0 Å². The number of fused-ring (bicyclic) bond motifs is 2. The number of nitrogens with one attached hydrogen (secondary N) is 2. The molecule has 2 saturated carbocycles. The highest BCUT2D eigenvalue weighted by Gasteiger charge is 2.39. The molecule has 3 atom stereocenters. The molecule has 0 aliphatic heterocycles. The number of ether oxygens (including phenoxy) is 1. The molecule has 0 radical (unpaired) electrons. The molecule has 4 nitrogen and oxygen atoms in total. The lowest BCUT2D eigenvalue weighted by atomic mass is 9.95. The summed E-state index contributed by atoms with van der Waals surface area (Å²) < 4.78 is 5.05. The third-order valence-corrected chi connectivity index (χ3v) is 5.27. The Bertz CT molecular complexity index is 617. The smallest absolute Gasteiger partial charge is 0.338 e. The summed E-state index contributed by atoms with van der Waals surface area (Å²) in [6.07, 6.45) is 5.28. The SMILES string of the molecule is CCOC(=O)c1ccc(C)c(NC(=S)N[C@@H]2C[C@H]3CC[C@@H]2C3)c1. The Morgan fingerprint density at radius 3 is 2.83 bits per heavy atom. The van der Waals surface area contributed by atoms with Crippen LogP contribution < -0.4 is 10.6 Å². The topological polar surface area (TPSA) is 50.4 Å². The molecular formula is C18H24N2O2S. The standard InChI is InChI=1S/C18H24N2O2S/c1-3-22-17(21)14-6-4-11(2)15(10-14)19-18(23)20-16-9-12-5-7-13(16)8-12/h4,6,10,12-13,16H,3,5,7-9H2,1-2H3,(H2,19,20,23)/t12-,13+,16+/m0/s1. The van der Waals surface area contributed by atoms with Gasteiger partial charge in [0.1, 0.15) is 0 Å². The number of esters is 1. The van der Waals surface area contributed by atoms with Gasteiger partial charge in [-0.1, -0.05) is 12.5 Å². The van der Waals surface area contributed by atoms with Crippen LogP contribution in [0.5, 0.6) is 0 Å². The van der Waals surface area contributed by atoms with E-state index in [1.807, 2.05) is 19.1 Å². The predicted octanol–water partition coefficient (Wildman–Crippen LogP) is 3.65. The summed E-state index contributed by atoms with van der Waals surface area (Å²) in [7, 11) is 0. The number of thiocarbonyl (C=S) groups is 1. The first kappa shape index (κ1) is 16.2. The van der Waals surface area contributed by atoms with E-state index >= 15 is 0 Å². The van der Waals surface area contributed by atoms with E-state index in [9.17, 15) is 4.79 Å². The van der Waals surface area contributed by atoms with Crippen LogP contribution in [0.4, 0.5) is 5.69 Å². The van der Waals surface area contributed by atoms with Crippen molar-refractivity contribution in [1.82, 2.24) is 5.32 Å². The van der Waals surface area contributed by atoms with Crippen molar-refractivity contribution in [3.63, 3.8) is 0 Å². The molecule has 1 aromatic rings. The lowest BCUT2D eigenvalue weighted by Crippen LogP contribution is -2.40. The van der Waals surface area contributed by atoms with Gasteiger partial charge in [-0.15, -0.1) is 0 Å². The summed E-state index contributed by atoms with van der Waals surface area (Å²) in [5.74, 6) is 1.35. The number of anilines is 1. The molecule has 2 aliphatic rings. The molecule has 124 valence electrons. The van der Waals surface area contributed by atoms with Crippen molar-refractivity contribution in [1.29, 1.82) is 0 Å². The lowest BCUT2D eigenvalue weighted by molar-refractivity contribution is 0.0526. The van der Waals surface area contributed by atoms with Crippen LogP contribution in [0, 0.1) is 18.8 Å². The number of carbonyl (C=O) groups is 1. The van der Waals surface area contributed by atoms with Crippen molar-refractivity contribution in [3.8, 4) is 0 Å². The predicted molar refractivity (Wildman–Crippen MR) is 95.7 cm³/mol. The highest BCUT2D eigenvalue weighted by molar-refractivity contribution is 7.80. The van der Waals surface area contributed by atoms with Gasteiger partial charge in [0.05, 0.1) is 12.2 Å². The summed E-state index contributed by atoms with van der Waals surface area (Å²) >= 11 is 5.47. The number of benzene rings is 1. The van der Waals surface area contributed by atoms with Crippen LogP contribution in [-0.2, 0) is 4.74 Å². The minimum absolute atomic E-state index is 0.303. The van der Waals surface area contributed by atoms with Crippen molar-refractivity contribution in [2.45, 2.75) is 45.6 Å². The maximum atomic E-state index is 11.9. The van der Waals surface area contributed by atoms with Crippen LogP contribution >= 0.6 is 12.2 Å². The van der Waals surface area contributed by atoms with Gasteiger partial charge < -0.3 is 15.4 Å². The van der Waals surface area contributed by atoms with Crippen molar-refractivity contribution < 1.29 is 9.53 Å². The Kier molecular flexibility index (Phi) is 4.85. The first-order valence-electron chi connectivity index (χ1n) is 8.42. The average Bonchev–Trinajstić information content (AvgIpc) is 3.12. The van der Waals surface area contributed by atoms with Crippen molar-refractivity contribution in [2.75, 3.05) is 11.9 Å². The Balaban J connectivity index is 1.63. The van der Waals surface area contributed by atoms with E-state index in [2.05, 4.69) is 10.6 Å². The molecule has 2 bridgehead atoms. The van der Waals surface area contributed by atoms with Gasteiger partial charge in [0, 0.05) is 11.7 Å². The van der Waals surface area contributed by atoms with Crippen molar-refractivity contribution >= 4 is 29.0 Å². The molecule has 0 amide bonds. The molecule has 2 N–H and O–H groups in total. The minimum Gasteiger partial charge on any atom is -0.462 e. The van der Waals surface area contributed by atoms with Crippen molar-refractivity contribution in [3.05, 3.63) is 29.3 Å². The van der Waals surface area contributed by atoms with E-state index < -0.39 is 0 Å². The summed E-state index contributed by atoms with van der Waals surface area (Å²) in [5, 5.41) is 7.36. The normalized spacial score (nSPS) is 25.2. The zero-order valence-corrected chi connectivity index (χ0v) is 14.5. The van der Waals surface area contributed by atoms with Gasteiger partial charge in [-0.25, -0.2) is 4.79 Å². The van der Waals surface area contributed by atoms with E-state index in [0.717, 1.165) is 23.1 Å². The highest BCUT2D eigenvalue weighted by atomic mass is 32.1. The molecule has 0 saturated heterocycles. The van der Waals surface area contributed by atoms with E-state index in [-0.39, 0.29) is 5.97 Å². The molecule has 2 fully saturated rings. The van der Waals surface area contributed by atoms with E-state index in [1.165, 1.54) is 25.7 Å². The van der Waals surface area contributed by atoms with Gasteiger partial charge in [0.25, 0.3) is 0 Å². The first-order chi connectivity index (χ1) is 11.1. The fourth-order valence-electron chi connectivity index (χ4n) is 3.85. The fraction of sp³-hybridized carbons (Fsp3) is 0.556. The van der Waals surface area contributed by atoms with Gasteiger partial charge >= 0.3 is 5.97 Å². The number of carbonyl (C=O) groups excluding carboxylic acids is 1. The van der Waals surface area contributed by atoms with Gasteiger partial charge in [0.15, 0.2) is 5.11 Å². The van der Waals surface area contributed by atoms with Crippen LogP contribution in [0.25, 0.3) is 0 Å². The molecular weight excluding hydrogens is 308 g/mol. The average molecular weight is 332 g/mol.